The second-order valence-corrected chi connectivity index (χ2v) is 5.49. The monoisotopic (exact) mass is 257 g/mol. The normalized spacial score (nSPS) is 13.4. The molecule has 2 heterocycles. The van der Waals surface area contributed by atoms with Crippen molar-refractivity contribution in [2.24, 2.45) is 0 Å². The molecule has 0 fully saturated rings. The fraction of sp³-hybridized carbons (Fsp3) is 0.267. The van der Waals surface area contributed by atoms with E-state index in [2.05, 4.69) is 23.2 Å². The molecule has 3 rings (SSSR count). The first-order valence-electron chi connectivity index (χ1n) is 6.09. The van der Waals surface area contributed by atoms with Crippen LogP contribution in [0.5, 0.6) is 5.75 Å². The van der Waals surface area contributed by atoms with Gasteiger partial charge in [-0.3, -0.25) is 4.98 Å². The minimum absolute atomic E-state index is 0.903. The number of nitrogens with zero attached hydrogens (tertiary/aromatic N) is 1. The first kappa shape index (κ1) is 11.6. The highest BCUT2D eigenvalue weighted by Gasteiger charge is 2.16. The Kier molecular flexibility index (Phi) is 3.24. The second-order valence-electron chi connectivity index (χ2n) is 4.36. The van der Waals surface area contributed by atoms with Crippen molar-refractivity contribution < 1.29 is 4.74 Å². The van der Waals surface area contributed by atoms with E-state index in [0.29, 0.717) is 0 Å². The highest BCUT2D eigenvalue weighted by molar-refractivity contribution is 7.99. The Morgan fingerprint density at radius 1 is 1.22 bits per heavy atom. The number of methoxy groups -OCH3 is 1. The van der Waals surface area contributed by atoms with Crippen molar-refractivity contribution in [3.8, 4) is 5.75 Å². The summed E-state index contributed by atoms with van der Waals surface area (Å²) < 4.78 is 5.17. The Hall–Kier alpha value is -1.48. The number of thioether (sulfide) groups is 1. The maximum atomic E-state index is 5.17. The van der Waals surface area contributed by atoms with Gasteiger partial charge in [-0.25, -0.2) is 0 Å². The number of fused-ring (bicyclic) bond motifs is 1. The van der Waals surface area contributed by atoms with Gasteiger partial charge in [0.1, 0.15) is 5.75 Å². The molecule has 92 valence electrons. The van der Waals surface area contributed by atoms with Crippen molar-refractivity contribution in [3.05, 3.63) is 53.3 Å². The molecule has 2 nitrogen and oxygen atoms in total. The van der Waals surface area contributed by atoms with E-state index in [9.17, 15) is 0 Å². The fourth-order valence-electron chi connectivity index (χ4n) is 2.27. The van der Waals surface area contributed by atoms with Crippen LogP contribution in [-0.4, -0.2) is 17.8 Å². The summed E-state index contributed by atoms with van der Waals surface area (Å²) in [6, 6.07) is 10.4. The lowest BCUT2D eigenvalue weighted by molar-refractivity contribution is 0.414. The van der Waals surface area contributed by atoms with Crippen LogP contribution in [0.25, 0.3) is 0 Å². The number of pyridine rings is 1. The van der Waals surface area contributed by atoms with Gasteiger partial charge in [-0.1, -0.05) is 12.1 Å². The van der Waals surface area contributed by atoms with Crippen LogP contribution in [0.2, 0.25) is 0 Å². The lowest BCUT2D eigenvalue weighted by Gasteiger charge is -2.07. The first-order valence-corrected chi connectivity index (χ1v) is 7.08. The molecule has 1 aliphatic rings. The van der Waals surface area contributed by atoms with E-state index in [1.807, 2.05) is 30.1 Å². The zero-order valence-electron chi connectivity index (χ0n) is 10.3. The minimum atomic E-state index is 0.903. The molecule has 0 spiro atoms. The fourth-order valence-corrected chi connectivity index (χ4v) is 3.35. The number of hydrogen-bond acceptors (Lipinski definition) is 3. The third-order valence-electron chi connectivity index (χ3n) is 3.24. The molecule has 0 atom stereocenters. The number of rotatable bonds is 3. The van der Waals surface area contributed by atoms with E-state index < -0.39 is 0 Å². The summed E-state index contributed by atoms with van der Waals surface area (Å²) >= 11 is 1.94. The molecule has 0 saturated heterocycles. The van der Waals surface area contributed by atoms with Crippen LogP contribution in [0.4, 0.5) is 0 Å². The van der Waals surface area contributed by atoms with Crippen LogP contribution < -0.4 is 4.74 Å². The summed E-state index contributed by atoms with van der Waals surface area (Å²) in [6.45, 7) is 0. The van der Waals surface area contributed by atoms with Crippen LogP contribution in [0.3, 0.4) is 0 Å². The molecule has 1 aliphatic heterocycles. The van der Waals surface area contributed by atoms with Crippen LogP contribution in [-0.2, 0) is 12.8 Å². The van der Waals surface area contributed by atoms with Gasteiger partial charge in [-0.2, -0.15) is 0 Å². The van der Waals surface area contributed by atoms with E-state index in [1.54, 1.807) is 7.11 Å². The highest BCUT2D eigenvalue weighted by atomic mass is 32.2. The third kappa shape index (κ3) is 2.23. The van der Waals surface area contributed by atoms with Gasteiger partial charge in [0.25, 0.3) is 0 Å². The zero-order valence-corrected chi connectivity index (χ0v) is 11.2. The van der Waals surface area contributed by atoms with Gasteiger partial charge >= 0.3 is 0 Å². The molecule has 0 unspecified atom stereocenters. The largest absolute Gasteiger partial charge is 0.497 e. The summed E-state index contributed by atoms with van der Waals surface area (Å²) in [4.78, 5) is 5.95. The molecule has 0 N–H and O–H groups in total. The predicted octanol–water partition coefficient (Wildman–Crippen LogP) is 3.33. The Morgan fingerprint density at radius 2 is 2.06 bits per heavy atom. The third-order valence-corrected chi connectivity index (χ3v) is 4.34. The average molecular weight is 257 g/mol. The van der Waals surface area contributed by atoms with Crippen molar-refractivity contribution in [1.29, 1.82) is 0 Å². The van der Waals surface area contributed by atoms with E-state index >= 15 is 0 Å². The molecule has 1 aromatic heterocycles. The molecule has 2 aromatic rings. The molecular formula is C15H15NOS. The molecule has 0 aliphatic carbocycles. The van der Waals surface area contributed by atoms with E-state index in [4.69, 9.17) is 4.74 Å². The number of aromatic nitrogens is 1. The van der Waals surface area contributed by atoms with Crippen molar-refractivity contribution in [2.45, 2.75) is 17.7 Å². The molecule has 0 bridgehead atoms. The maximum absolute atomic E-state index is 5.17. The van der Waals surface area contributed by atoms with Gasteiger partial charge in [0.15, 0.2) is 0 Å². The Bertz CT molecular complexity index is 551. The average Bonchev–Trinajstić information content (AvgIpc) is 2.89. The second kappa shape index (κ2) is 5.02. The number of ether oxygens (including phenoxy) is 1. The number of hydrogen-bond donors (Lipinski definition) is 0. The van der Waals surface area contributed by atoms with E-state index in [1.165, 1.54) is 27.5 Å². The lowest BCUT2D eigenvalue weighted by atomic mass is 10.0. The molecule has 1 aromatic carbocycles. The van der Waals surface area contributed by atoms with Crippen molar-refractivity contribution in [2.75, 3.05) is 12.9 Å². The number of benzene rings is 1. The van der Waals surface area contributed by atoms with Gasteiger partial charge in [-0.15, -0.1) is 11.8 Å². The predicted molar refractivity (Wildman–Crippen MR) is 74.5 cm³/mol. The van der Waals surface area contributed by atoms with Gasteiger partial charge in [-0.05, 0) is 35.7 Å². The maximum Gasteiger partial charge on any atom is 0.118 e. The highest BCUT2D eigenvalue weighted by Crippen LogP contribution is 2.33. The van der Waals surface area contributed by atoms with Crippen LogP contribution >= 0.6 is 11.8 Å². The van der Waals surface area contributed by atoms with Crippen LogP contribution in [0, 0.1) is 0 Å². The Labute approximate surface area is 111 Å². The smallest absolute Gasteiger partial charge is 0.118 e. The molecule has 0 amide bonds. The lowest BCUT2D eigenvalue weighted by Crippen LogP contribution is -1.98. The van der Waals surface area contributed by atoms with Gasteiger partial charge in [0.05, 0.1) is 7.11 Å². The SMILES string of the molecule is COc1ccc(Cc2nccc3c2CCS3)cc1. The van der Waals surface area contributed by atoms with Crippen molar-refractivity contribution in [3.63, 3.8) is 0 Å². The van der Waals surface area contributed by atoms with Crippen molar-refractivity contribution >= 4 is 11.8 Å². The van der Waals surface area contributed by atoms with E-state index in [-0.39, 0.29) is 0 Å². The van der Waals surface area contributed by atoms with Crippen molar-refractivity contribution in [1.82, 2.24) is 4.98 Å². The summed E-state index contributed by atoms with van der Waals surface area (Å²) in [5.74, 6) is 2.09. The zero-order chi connectivity index (χ0) is 12.4. The first-order chi connectivity index (χ1) is 8.86. The molecular weight excluding hydrogens is 242 g/mol. The summed E-state index contributed by atoms with van der Waals surface area (Å²) in [5.41, 5.74) is 3.95. The molecule has 18 heavy (non-hydrogen) atoms. The molecule has 3 heteroatoms. The quantitative estimate of drug-likeness (QED) is 0.842. The Balaban J connectivity index is 1.86. The Morgan fingerprint density at radius 3 is 2.83 bits per heavy atom. The molecule has 0 radical (unpaired) electrons. The van der Waals surface area contributed by atoms with Gasteiger partial charge in [0, 0.05) is 29.0 Å². The van der Waals surface area contributed by atoms with E-state index in [0.717, 1.165) is 18.6 Å². The van der Waals surface area contributed by atoms with Crippen LogP contribution in [0.15, 0.2) is 41.4 Å². The standard InChI is InChI=1S/C15H15NOS/c1-17-12-4-2-11(3-5-12)10-14-13-7-9-18-15(13)6-8-16-14/h2-6,8H,7,9-10H2,1H3. The minimum Gasteiger partial charge on any atom is -0.497 e. The summed E-state index contributed by atoms with van der Waals surface area (Å²) in [6.07, 6.45) is 3.99. The van der Waals surface area contributed by atoms with Gasteiger partial charge in [0.2, 0.25) is 0 Å². The topological polar surface area (TPSA) is 22.1 Å². The molecule has 0 saturated carbocycles. The van der Waals surface area contributed by atoms with Crippen LogP contribution in [0.1, 0.15) is 16.8 Å². The summed E-state index contributed by atoms with van der Waals surface area (Å²) in [7, 11) is 1.69. The van der Waals surface area contributed by atoms with Gasteiger partial charge < -0.3 is 4.74 Å². The summed E-state index contributed by atoms with van der Waals surface area (Å²) in [5, 5.41) is 0.